The average molecular weight is 340 g/mol. The molecule has 1 aliphatic heterocycles. The Labute approximate surface area is 147 Å². The molecule has 1 aromatic heterocycles. The highest BCUT2D eigenvalue weighted by atomic mass is 16.2. The minimum Gasteiger partial charge on any atom is -0.352 e. The number of fused-ring (bicyclic) bond motifs is 1. The Morgan fingerprint density at radius 2 is 1.96 bits per heavy atom. The van der Waals surface area contributed by atoms with Crippen molar-refractivity contribution in [2.75, 3.05) is 5.32 Å². The summed E-state index contributed by atoms with van der Waals surface area (Å²) in [5.41, 5.74) is 1.55. The molecule has 0 spiro atoms. The number of anilines is 1. The molecule has 6 heteroatoms. The van der Waals surface area contributed by atoms with E-state index in [-0.39, 0.29) is 17.7 Å². The van der Waals surface area contributed by atoms with E-state index in [2.05, 4.69) is 20.2 Å². The van der Waals surface area contributed by atoms with E-state index in [9.17, 15) is 9.59 Å². The number of hydrogen-bond acceptors (Lipinski definition) is 3. The number of aryl methyl sites for hydroxylation is 1. The van der Waals surface area contributed by atoms with Gasteiger partial charge < -0.3 is 15.2 Å². The van der Waals surface area contributed by atoms with Crippen molar-refractivity contribution in [3.05, 3.63) is 47.4 Å². The van der Waals surface area contributed by atoms with Crippen molar-refractivity contribution in [2.45, 2.75) is 46.2 Å². The van der Waals surface area contributed by atoms with Gasteiger partial charge in [0, 0.05) is 31.0 Å². The molecule has 0 aliphatic carbocycles. The lowest BCUT2D eigenvalue weighted by Gasteiger charge is -2.16. The lowest BCUT2D eigenvalue weighted by atomic mass is 10.1. The molecule has 0 radical (unpaired) electrons. The maximum Gasteiger partial charge on any atom is 0.256 e. The first kappa shape index (κ1) is 17.2. The van der Waals surface area contributed by atoms with Crippen molar-refractivity contribution in [1.29, 1.82) is 0 Å². The molecule has 0 saturated heterocycles. The van der Waals surface area contributed by atoms with Gasteiger partial charge in [0.2, 0.25) is 5.91 Å². The number of carbonyl (C=O) groups excluding carboxylic acids is 2. The van der Waals surface area contributed by atoms with Crippen LogP contribution in [-0.4, -0.2) is 21.4 Å². The molecule has 2 heterocycles. The van der Waals surface area contributed by atoms with Gasteiger partial charge in [-0.25, -0.2) is 4.98 Å². The molecule has 25 heavy (non-hydrogen) atoms. The summed E-state index contributed by atoms with van der Waals surface area (Å²) in [7, 11) is 0. The van der Waals surface area contributed by atoms with Crippen LogP contribution < -0.4 is 10.6 Å². The fourth-order valence-electron chi connectivity index (χ4n) is 2.87. The lowest BCUT2D eigenvalue weighted by molar-refractivity contribution is -0.124. The van der Waals surface area contributed by atoms with E-state index in [1.54, 1.807) is 18.3 Å². The first-order chi connectivity index (χ1) is 12.0. The second kappa shape index (κ2) is 7.51. The molecule has 2 amide bonds. The van der Waals surface area contributed by atoms with Gasteiger partial charge in [0.25, 0.3) is 5.91 Å². The molecule has 1 aliphatic rings. The summed E-state index contributed by atoms with van der Waals surface area (Å²) in [6, 6.07) is 7.28. The number of imidazole rings is 1. The van der Waals surface area contributed by atoms with Crippen molar-refractivity contribution < 1.29 is 9.59 Å². The third-order valence-electron chi connectivity index (χ3n) is 4.42. The molecule has 0 bridgehead atoms. The van der Waals surface area contributed by atoms with E-state index in [1.807, 2.05) is 26.0 Å². The van der Waals surface area contributed by atoms with Crippen LogP contribution in [0.3, 0.4) is 0 Å². The second-order valence-corrected chi connectivity index (χ2v) is 6.69. The Morgan fingerprint density at radius 3 is 2.68 bits per heavy atom. The molecule has 132 valence electrons. The van der Waals surface area contributed by atoms with Crippen molar-refractivity contribution in [1.82, 2.24) is 14.9 Å². The summed E-state index contributed by atoms with van der Waals surface area (Å²) in [6.45, 7) is 5.09. The average Bonchev–Trinajstić information content (AvgIpc) is 3.03. The molecule has 1 aromatic carbocycles. The summed E-state index contributed by atoms with van der Waals surface area (Å²) >= 11 is 0. The number of benzene rings is 1. The highest BCUT2D eigenvalue weighted by Gasteiger charge is 2.16. The smallest absolute Gasteiger partial charge is 0.256 e. The second-order valence-electron chi connectivity index (χ2n) is 6.69. The fourth-order valence-corrected chi connectivity index (χ4v) is 2.87. The van der Waals surface area contributed by atoms with Crippen LogP contribution in [0.2, 0.25) is 0 Å². The van der Waals surface area contributed by atoms with Gasteiger partial charge in [0.1, 0.15) is 11.6 Å². The minimum absolute atomic E-state index is 0.0207. The van der Waals surface area contributed by atoms with Gasteiger partial charge in [0.05, 0.1) is 6.20 Å². The highest BCUT2D eigenvalue weighted by molar-refractivity contribution is 6.03. The van der Waals surface area contributed by atoms with Crippen LogP contribution in [-0.2, 0) is 24.3 Å². The summed E-state index contributed by atoms with van der Waals surface area (Å²) in [6.07, 6.45) is 4.96. The molecule has 2 aromatic rings. The summed E-state index contributed by atoms with van der Waals surface area (Å²) in [5, 5.41) is 5.81. The molecular weight excluding hydrogens is 316 g/mol. The first-order valence-corrected chi connectivity index (χ1v) is 8.77. The van der Waals surface area contributed by atoms with Crippen LogP contribution in [0.25, 0.3) is 0 Å². The van der Waals surface area contributed by atoms with E-state index in [0.717, 1.165) is 43.0 Å². The minimum atomic E-state index is -0.147. The molecule has 0 saturated carbocycles. The largest absolute Gasteiger partial charge is 0.352 e. The highest BCUT2D eigenvalue weighted by Crippen LogP contribution is 2.20. The number of nitrogens with one attached hydrogen (secondary N) is 2. The predicted molar refractivity (Wildman–Crippen MR) is 96.2 cm³/mol. The maximum absolute atomic E-state index is 12.4. The molecule has 0 atom stereocenters. The number of nitrogens with zero attached hydrogens (tertiary/aromatic N) is 2. The summed E-state index contributed by atoms with van der Waals surface area (Å²) in [5.74, 6) is 1.63. The molecule has 2 N–H and O–H groups in total. The Balaban J connectivity index is 1.61. The van der Waals surface area contributed by atoms with Crippen LogP contribution in [0.5, 0.6) is 0 Å². The van der Waals surface area contributed by atoms with Gasteiger partial charge in [-0.3, -0.25) is 9.59 Å². The lowest BCUT2D eigenvalue weighted by Crippen LogP contribution is -2.27. The number of hydrogen-bond donors (Lipinski definition) is 2. The van der Waals surface area contributed by atoms with Crippen LogP contribution in [0.4, 0.5) is 5.82 Å². The van der Waals surface area contributed by atoms with E-state index in [1.165, 1.54) is 0 Å². The van der Waals surface area contributed by atoms with Crippen molar-refractivity contribution in [3.8, 4) is 0 Å². The van der Waals surface area contributed by atoms with Crippen molar-refractivity contribution in [3.63, 3.8) is 0 Å². The maximum atomic E-state index is 12.4. The monoisotopic (exact) mass is 340 g/mol. The Bertz CT molecular complexity index is 762. The normalized spacial score (nSPS) is 13.4. The number of aromatic nitrogens is 2. The summed E-state index contributed by atoms with van der Waals surface area (Å²) in [4.78, 5) is 28.4. The Kier molecular flexibility index (Phi) is 5.16. The molecule has 3 rings (SSSR count). The van der Waals surface area contributed by atoms with Crippen LogP contribution in [0.1, 0.15) is 48.4 Å². The van der Waals surface area contributed by atoms with Gasteiger partial charge in [-0.15, -0.1) is 0 Å². The topological polar surface area (TPSA) is 76.0 Å². The Morgan fingerprint density at radius 1 is 1.20 bits per heavy atom. The number of amides is 2. The van der Waals surface area contributed by atoms with Crippen LogP contribution in [0, 0.1) is 5.92 Å². The zero-order valence-electron chi connectivity index (χ0n) is 14.7. The molecule has 0 fully saturated rings. The standard InChI is InChI=1S/C19H24N4O2/c1-13(2)18(24)21-11-14-6-8-15(9-7-14)19(25)22-17-12-20-16-5-3-4-10-23(16)17/h6-9,12-13H,3-5,10-11H2,1-2H3,(H,21,24)(H,22,25). The van der Waals surface area contributed by atoms with Gasteiger partial charge >= 0.3 is 0 Å². The van der Waals surface area contributed by atoms with E-state index < -0.39 is 0 Å². The zero-order valence-corrected chi connectivity index (χ0v) is 14.7. The van der Waals surface area contributed by atoms with E-state index >= 15 is 0 Å². The first-order valence-electron chi connectivity index (χ1n) is 8.77. The van der Waals surface area contributed by atoms with Gasteiger partial charge in [-0.05, 0) is 30.5 Å². The van der Waals surface area contributed by atoms with Gasteiger partial charge in [-0.2, -0.15) is 0 Å². The van der Waals surface area contributed by atoms with Gasteiger partial charge in [-0.1, -0.05) is 26.0 Å². The quantitative estimate of drug-likeness (QED) is 0.879. The zero-order chi connectivity index (χ0) is 17.8. The van der Waals surface area contributed by atoms with Crippen LogP contribution in [0.15, 0.2) is 30.5 Å². The predicted octanol–water partition coefficient (Wildman–Crippen LogP) is 2.74. The van der Waals surface area contributed by atoms with E-state index in [0.29, 0.717) is 12.1 Å². The number of rotatable bonds is 5. The molecule has 6 nitrogen and oxygen atoms in total. The van der Waals surface area contributed by atoms with Crippen molar-refractivity contribution >= 4 is 17.6 Å². The molecule has 0 unspecified atom stereocenters. The van der Waals surface area contributed by atoms with Crippen LogP contribution >= 0.6 is 0 Å². The SMILES string of the molecule is CC(C)C(=O)NCc1ccc(C(=O)Nc2cnc3n2CCCC3)cc1. The fraction of sp³-hybridized carbons (Fsp3) is 0.421. The molecular formula is C19H24N4O2. The third kappa shape index (κ3) is 4.07. The number of carbonyl (C=O) groups is 2. The van der Waals surface area contributed by atoms with E-state index in [4.69, 9.17) is 0 Å². The van der Waals surface area contributed by atoms with Gasteiger partial charge in [0.15, 0.2) is 0 Å². The Hall–Kier alpha value is -2.63. The van der Waals surface area contributed by atoms with Crippen molar-refractivity contribution in [2.24, 2.45) is 5.92 Å². The summed E-state index contributed by atoms with van der Waals surface area (Å²) < 4.78 is 2.08. The third-order valence-corrected chi connectivity index (χ3v) is 4.42.